The van der Waals surface area contributed by atoms with Crippen LogP contribution in [0.5, 0.6) is 0 Å². The van der Waals surface area contributed by atoms with E-state index in [9.17, 15) is 0 Å². The molecular weight excluding hydrogens is 731 g/mol. The number of benzene rings is 5. The number of hydrogen-bond acceptors (Lipinski definition) is 5. The Hall–Kier alpha value is -6.59. The van der Waals surface area contributed by atoms with Crippen LogP contribution in [0, 0.1) is 37.5 Å². The van der Waals surface area contributed by atoms with Crippen molar-refractivity contribution in [2.45, 2.75) is 51.4 Å². The summed E-state index contributed by atoms with van der Waals surface area (Å²) in [4.78, 5) is 24.6. The topological polar surface area (TPSA) is 64.5 Å². The minimum absolute atomic E-state index is 0.0301. The lowest BCUT2D eigenvalue weighted by atomic mass is 9.43. The van der Waals surface area contributed by atoms with E-state index in [0.717, 1.165) is 50.9 Å². The lowest BCUT2D eigenvalue weighted by Gasteiger charge is -2.61. The van der Waals surface area contributed by atoms with Crippen molar-refractivity contribution < 1.29 is 0 Å². The van der Waals surface area contributed by atoms with Crippen molar-refractivity contribution in [3.8, 4) is 78.8 Å². The van der Waals surface area contributed by atoms with Gasteiger partial charge in [-0.1, -0.05) is 90.0 Å². The van der Waals surface area contributed by atoms with Crippen LogP contribution in [0.4, 0.5) is 0 Å². The first-order valence-electron chi connectivity index (χ1n) is 21.6. The highest BCUT2D eigenvalue weighted by atomic mass is 15.0. The van der Waals surface area contributed by atoms with E-state index in [1.165, 1.54) is 71.0 Å². The van der Waals surface area contributed by atoms with Crippen LogP contribution in [0.3, 0.4) is 0 Å². The molecule has 0 saturated heterocycles. The minimum atomic E-state index is 0.0301. The molecule has 0 N–H and O–H groups in total. The fourth-order valence-corrected chi connectivity index (χ4v) is 11.9. The summed E-state index contributed by atoms with van der Waals surface area (Å²) < 4.78 is 0. The van der Waals surface area contributed by atoms with Crippen molar-refractivity contribution in [2.75, 3.05) is 0 Å². The molecule has 4 fully saturated rings. The molecule has 0 unspecified atom stereocenters. The van der Waals surface area contributed by atoms with Crippen molar-refractivity contribution in [3.05, 3.63) is 174 Å². The molecule has 5 aliphatic carbocycles. The summed E-state index contributed by atoms with van der Waals surface area (Å²) in [5.74, 6) is 5.04. The Kier molecular flexibility index (Phi) is 8.10. The maximum Gasteiger partial charge on any atom is 0.164 e. The van der Waals surface area contributed by atoms with Gasteiger partial charge in [-0.2, -0.15) is 0 Å². The second-order valence-electron chi connectivity index (χ2n) is 18.0. The van der Waals surface area contributed by atoms with Crippen LogP contribution in [0.15, 0.2) is 152 Å². The van der Waals surface area contributed by atoms with Crippen LogP contribution in [-0.4, -0.2) is 24.9 Å². The van der Waals surface area contributed by atoms with Crippen LogP contribution in [-0.2, 0) is 5.41 Å². The number of nitrogens with zero attached hydrogens (tertiary/aromatic N) is 5. The van der Waals surface area contributed by atoms with E-state index in [1.54, 1.807) is 5.56 Å². The summed E-state index contributed by atoms with van der Waals surface area (Å²) in [6.45, 7) is 4.21. The normalized spacial score (nSPS) is 21.9. The zero-order chi connectivity index (χ0) is 40.0. The van der Waals surface area contributed by atoms with Gasteiger partial charge < -0.3 is 0 Å². The van der Waals surface area contributed by atoms with Crippen LogP contribution in [0.25, 0.3) is 78.8 Å². The molecule has 4 saturated carbocycles. The monoisotopic (exact) mass is 775 g/mol. The van der Waals surface area contributed by atoms with E-state index in [1.807, 2.05) is 24.7 Å². The fourth-order valence-electron chi connectivity index (χ4n) is 11.9. The van der Waals surface area contributed by atoms with E-state index in [0.29, 0.717) is 29.3 Å². The Morgan fingerprint density at radius 3 is 1.60 bits per heavy atom. The maximum absolute atomic E-state index is 5.21. The molecule has 0 amide bonds. The van der Waals surface area contributed by atoms with Gasteiger partial charge in [-0.15, -0.1) is 0 Å². The third-order valence-electron chi connectivity index (χ3n) is 14.4. The van der Waals surface area contributed by atoms with Gasteiger partial charge >= 0.3 is 0 Å². The van der Waals surface area contributed by atoms with Crippen molar-refractivity contribution in [2.24, 2.45) is 23.7 Å². The van der Waals surface area contributed by atoms with Gasteiger partial charge in [-0.25, -0.2) is 15.0 Å². The minimum Gasteiger partial charge on any atom is -0.265 e. The van der Waals surface area contributed by atoms with Gasteiger partial charge in [0.05, 0.1) is 5.69 Å². The first kappa shape index (κ1) is 35.4. The lowest BCUT2D eigenvalue weighted by molar-refractivity contribution is -0.0399. The molecule has 8 aromatic rings. The molecule has 1 spiro atoms. The van der Waals surface area contributed by atoms with E-state index < -0.39 is 0 Å². The molecule has 3 aromatic heterocycles. The standard InChI is InChI=1S/C55H45N5/c1-33-6-10-38(11-7-33)52-58-53(39-12-8-34(2)9-13-39)60-54(59-52)44-29-42(37-18-21-56-22-19-37)28-43(30-44)40-14-16-47-48-31-41(51-5-3-4-20-57-51)15-17-49(48)55(50(47)32-40)45-24-35-23-36(26-45)27-46(55)25-35/h3-22,28-32,35-36,45-46H,23-27H2,1-2H3. The SMILES string of the molecule is Cc1ccc(-c2nc(-c3ccc(C)cc3)nc(-c3cc(-c4ccncc4)cc(-c4ccc5c(c4)C4(c6ccc(-c7ccccn7)cc6-5)C5CC6CC(C5)CC4C6)c3)n2)cc1. The molecule has 5 nitrogen and oxygen atoms in total. The summed E-state index contributed by atoms with van der Waals surface area (Å²) in [6.07, 6.45) is 12.4. The highest BCUT2D eigenvalue weighted by Crippen LogP contribution is 2.69. The van der Waals surface area contributed by atoms with Crippen molar-refractivity contribution in [3.63, 3.8) is 0 Å². The number of fused-ring (bicyclic) bond motifs is 3. The third kappa shape index (κ3) is 5.70. The second-order valence-corrected chi connectivity index (χ2v) is 18.0. The smallest absolute Gasteiger partial charge is 0.164 e. The zero-order valence-electron chi connectivity index (χ0n) is 34.0. The van der Waals surface area contributed by atoms with Gasteiger partial charge in [-0.3, -0.25) is 9.97 Å². The Balaban J connectivity index is 1.05. The second kappa shape index (κ2) is 13.7. The molecular formula is C55H45N5. The number of hydrogen-bond donors (Lipinski definition) is 0. The largest absolute Gasteiger partial charge is 0.265 e. The summed E-state index contributed by atoms with van der Waals surface area (Å²) in [5, 5.41) is 0. The fraction of sp³-hybridized carbons (Fsp3) is 0.218. The Morgan fingerprint density at radius 1 is 0.417 bits per heavy atom. The van der Waals surface area contributed by atoms with Crippen LogP contribution >= 0.6 is 0 Å². The molecule has 60 heavy (non-hydrogen) atoms. The highest BCUT2D eigenvalue weighted by Gasteiger charge is 2.61. The van der Waals surface area contributed by atoms with Crippen molar-refractivity contribution >= 4 is 0 Å². The quantitative estimate of drug-likeness (QED) is 0.168. The molecule has 0 radical (unpaired) electrons. The van der Waals surface area contributed by atoms with Gasteiger partial charge in [0.25, 0.3) is 0 Å². The van der Waals surface area contributed by atoms with E-state index in [4.69, 9.17) is 19.9 Å². The molecule has 5 heteroatoms. The molecule has 5 aromatic carbocycles. The average molecular weight is 776 g/mol. The molecule has 4 bridgehead atoms. The van der Waals surface area contributed by atoms with Gasteiger partial charge in [0.2, 0.25) is 0 Å². The van der Waals surface area contributed by atoms with E-state index in [2.05, 4.69) is 146 Å². The Bertz CT molecular complexity index is 2850. The van der Waals surface area contributed by atoms with Gasteiger partial charge in [0.15, 0.2) is 17.5 Å². The van der Waals surface area contributed by atoms with Gasteiger partial charge in [-0.05, 0) is 169 Å². The molecule has 5 aliphatic rings. The molecule has 290 valence electrons. The Labute approximate surface area is 351 Å². The predicted molar refractivity (Wildman–Crippen MR) is 241 cm³/mol. The van der Waals surface area contributed by atoms with Crippen LogP contribution in [0.1, 0.15) is 54.4 Å². The molecule has 3 heterocycles. The number of rotatable bonds is 6. The predicted octanol–water partition coefficient (Wildman–Crippen LogP) is 13.0. The zero-order valence-corrected chi connectivity index (χ0v) is 34.0. The van der Waals surface area contributed by atoms with E-state index in [-0.39, 0.29) is 5.41 Å². The number of pyridine rings is 2. The summed E-state index contributed by atoms with van der Waals surface area (Å²) in [5.41, 5.74) is 18.0. The molecule has 13 rings (SSSR count). The van der Waals surface area contributed by atoms with E-state index >= 15 is 0 Å². The maximum atomic E-state index is 5.21. The first-order chi connectivity index (χ1) is 29.5. The molecule has 0 aliphatic heterocycles. The number of aromatic nitrogens is 5. The Morgan fingerprint density at radius 2 is 0.983 bits per heavy atom. The summed E-state index contributed by atoms with van der Waals surface area (Å²) in [7, 11) is 0. The highest BCUT2D eigenvalue weighted by molar-refractivity contribution is 5.88. The summed E-state index contributed by atoms with van der Waals surface area (Å²) >= 11 is 0. The lowest BCUT2D eigenvalue weighted by Crippen LogP contribution is -2.55. The van der Waals surface area contributed by atoms with Crippen molar-refractivity contribution in [1.82, 2.24) is 24.9 Å². The first-order valence-corrected chi connectivity index (χ1v) is 21.6. The van der Waals surface area contributed by atoms with Crippen molar-refractivity contribution in [1.29, 1.82) is 0 Å². The average Bonchev–Trinajstić information content (AvgIpc) is 3.58. The summed E-state index contributed by atoms with van der Waals surface area (Å²) in [6, 6.07) is 48.8. The van der Waals surface area contributed by atoms with Crippen LogP contribution < -0.4 is 0 Å². The van der Waals surface area contributed by atoms with Gasteiger partial charge in [0, 0.05) is 46.3 Å². The van der Waals surface area contributed by atoms with Gasteiger partial charge in [0.1, 0.15) is 0 Å². The molecule has 0 atom stereocenters. The van der Waals surface area contributed by atoms with Crippen LogP contribution in [0.2, 0.25) is 0 Å². The third-order valence-corrected chi connectivity index (χ3v) is 14.4. The number of aryl methyl sites for hydroxylation is 2.